The molecule has 1 amide bonds. The second-order valence-electron chi connectivity index (χ2n) is 5.15. The lowest BCUT2D eigenvalue weighted by atomic mass is 10.1. The van der Waals surface area contributed by atoms with Gasteiger partial charge in [-0.25, -0.2) is 0 Å². The molecule has 5 heteroatoms. The summed E-state index contributed by atoms with van der Waals surface area (Å²) in [5.74, 6) is 1.37. The minimum absolute atomic E-state index is 0.215. The Balaban J connectivity index is 2.15. The van der Waals surface area contributed by atoms with Gasteiger partial charge >= 0.3 is 0 Å². The Morgan fingerprint density at radius 3 is 2.04 bits per heavy atom. The van der Waals surface area contributed by atoms with Crippen LogP contribution in [0.5, 0.6) is 17.2 Å². The summed E-state index contributed by atoms with van der Waals surface area (Å²) in [7, 11) is 4.65. The number of benzene rings is 2. The summed E-state index contributed by atoms with van der Waals surface area (Å²) in [6.07, 6.45) is 3.15. The molecular weight excluding hydrogens is 306 g/mol. The van der Waals surface area contributed by atoms with Gasteiger partial charge in [-0.2, -0.15) is 0 Å². The third-order valence-corrected chi connectivity index (χ3v) is 3.43. The lowest BCUT2D eigenvalue weighted by Gasteiger charge is -2.12. The van der Waals surface area contributed by atoms with Gasteiger partial charge in [0.25, 0.3) is 0 Å². The van der Waals surface area contributed by atoms with Gasteiger partial charge in [0.1, 0.15) is 0 Å². The normalized spacial score (nSPS) is 10.5. The third-order valence-electron chi connectivity index (χ3n) is 3.43. The Kier molecular flexibility index (Phi) is 5.84. The molecule has 0 atom stereocenters. The van der Waals surface area contributed by atoms with Crippen molar-refractivity contribution in [2.24, 2.45) is 0 Å². The summed E-state index contributed by atoms with van der Waals surface area (Å²) >= 11 is 0. The van der Waals surface area contributed by atoms with Gasteiger partial charge < -0.3 is 19.5 Å². The van der Waals surface area contributed by atoms with Crippen LogP contribution in [0.25, 0.3) is 6.08 Å². The average molecular weight is 327 g/mol. The minimum Gasteiger partial charge on any atom is -0.493 e. The van der Waals surface area contributed by atoms with Gasteiger partial charge in [-0.05, 0) is 42.8 Å². The quantitative estimate of drug-likeness (QED) is 0.823. The highest BCUT2D eigenvalue weighted by Crippen LogP contribution is 2.38. The highest BCUT2D eigenvalue weighted by atomic mass is 16.5. The Hall–Kier alpha value is -2.95. The second-order valence-corrected chi connectivity index (χ2v) is 5.15. The molecule has 0 saturated carbocycles. The number of hydrogen-bond acceptors (Lipinski definition) is 4. The fourth-order valence-electron chi connectivity index (χ4n) is 2.19. The molecule has 0 heterocycles. The molecule has 0 aromatic heterocycles. The maximum absolute atomic E-state index is 12.0. The fourth-order valence-corrected chi connectivity index (χ4v) is 2.19. The highest BCUT2D eigenvalue weighted by molar-refractivity contribution is 6.02. The summed E-state index contributed by atoms with van der Waals surface area (Å²) < 4.78 is 15.9. The molecule has 0 aliphatic carbocycles. The van der Waals surface area contributed by atoms with Crippen molar-refractivity contribution in [3.05, 3.63) is 53.6 Å². The number of carbonyl (C=O) groups is 1. The summed E-state index contributed by atoms with van der Waals surface area (Å²) in [4.78, 5) is 12.0. The van der Waals surface area contributed by atoms with Crippen LogP contribution in [-0.4, -0.2) is 27.2 Å². The Morgan fingerprint density at radius 1 is 0.958 bits per heavy atom. The van der Waals surface area contributed by atoms with E-state index in [9.17, 15) is 4.79 Å². The maximum atomic E-state index is 12.0. The number of nitrogens with one attached hydrogen (secondary N) is 1. The highest BCUT2D eigenvalue weighted by Gasteiger charge is 2.12. The van der Waals surface area contributed by atoms with E-state index in [1.54, 1.807) is 39.5 Å². The number of rotatable bonds is 6. The SMILES string of the molecule is COc1cc(C=CC(=O)Nc2ccc(C)cc2)cc(OC)c1OC. The molecule has 5 nitrogen and oxygen atoms in total. The molecule has 0 bridgehead atoms. The van der Waals surface area contributed by atoms with Crippen LogP contribution in [0.1, 0.15) is 11.1 Å². The van der Waals surface area contributed by atoms with Crippen LogP contribution in [0.2, 0.25) is 0 Å². The van der Waals surface area contributed by atoms with E-state index in [2.05, 4.69) is 5.32 Å². The van der Waals surface area contributed by atoms with Crippen LogP contribution in [0.4, 0.5) is 5.69 Å². The number of carbonyl (C=O) groups excluding carboxylic acids is 1. The molecule has 126 valence electrons. The lowest BCUT2D eigenvalue weighted by Crippen LogP contribution is -2.07. The number of hydrogen-bond donors (Lipinski definition) is 1. The molecule has 2 aromatic carbocycles. The molecule has 0 unspecified atom stereocenters. The van der Waals surface area contributed by atoms with Crippen molar-refractivity contribution in [2.75, 3.05) is 26.6 Å². The zero-order chi connectivity index (χ0) is 17.5. The Bertz CT molecular complexity index is 711. The first kappa shape index (κ1) is 17.4. The topological polar surface area (TPSA) is 56.8 Å². The monoisotopic (exact) mass is 327 g/mol. The molecule has 0 aliphatic heterocycles. The van der Waals surface area contributed by atoms with E-state index in [-0.39, 0.29) is 5.91 Å². The van der Waals surface area contributed by atoms with Gasteiger partial charge in [0.05, 0.1) is 21.3 Å². The molecule has 0 saturated heterocycles. The second kappa shape index (κ2) is 8.06. The number of aryl methyl sites for hydroxylation is 1. The van der Waals surface area contributed by atoms with Gasteiger partial charge in [0.15, 0.2) is 11.5 Å². The van der Waals surface area contributed by atoms with Crippen LogP contribution in [0.3, 0.4) is 0 Å². The molecule has 0 fully saturated rings. The summed E-state index contributed by atoms with van der Waals surface area (Å²) in [5, 5.41) is 2.81. The van der Waals surface area contributed by atoms with Crippen molar-refractivity contribution in [3.63, 3.8) is 0 Å². The summed E-state index contributed by atoms with van der Waals surface area (Å²) in [6, 6.07) is 11.2. The first-order chi connectivity index (χ1) is 11.6. The maximum Gasteiger partial charge on any atom is 0.248 e. The lowest BCUT2D eigenvalue weighted by molar-refractivity contribution is -0.111. The van der Waals surface area contributed by atoms with Crippen LogP contribution in [-0.2, 0) is 4.79 Å². The van der Waals surface area contributed by atoms with Crippen molar-refractivity contribution in [1.82, 2.24) is 0 Å². The molecule has 1 N–H and O–H groups in total. The predicted molar refractivity (Wildman–Crippen MR) is 94.9 cm³/mol. The average Bonchev–Trinajstić information content (AvgIpc) is 2.60. The van der Waals surface area contributed by atoms with E-state index in [1.165, 1.54) is 6.08 Å². The largest absolute Gasteiger partial charge is 0.493 e. The molecule has 2 aromatic rings. The Labute approximate surface area is 141 Å². The van der Waals surface area contributed by atoms with Gasteiger partial charge in [-0.3, -0.25) is 4.79 Å². The minimum atomic E-state index is -0.215. The van der Waals surface area contributed by atoms with E-state index in [1.807, 2.05) is 31.2 Å². The molecule has 2 rings (SSSR count). The van der Waals surface area contributed by atoms with Crippen LogP contribution in [0, 0.1) is 6.92 Å². The van der Waals surface area contributed by atoms with Crippen LogP contribution < -0.4 is 19.5 Å². The van der Waals surface area contributed by atoms with Crippen molar-refractivity contribution in [1.29, 1.82) is 0 Å². The number of anilines is 1. The summed E-state index contributed by atoms with van der Waals surface area (Å²) in [6.45, 7) is 2.00. The number of methoxy groups -OCH3 is 3. The van der Waals surface area contributed by atoms with E-state index in [0.717, 1.165) is 16.8 Å². The van der Waals surface area contributed by atoms with Gasteiger partial charge in [-0.1, -0.05) is 17.7 Å². The zero-order valence-electron chi connectivity index (χ0n) is 14.3. The van der Waals surface area contributed by atoms with E-state index < -0.39 is 0 Å². The van der Waals surface area contributed by atoms with Crippen molar-refractivity contribution in [2.45, 2.75) is 6.92 Å². The molecule has 24 heavy (non-hydrogen) atoms. The van der Waals surface area contributed by atoms with Crippen LogP contribution >= 0.6 is 0 Å². The fraction of sp³-hybridized carbons (Fsp3) is 0.211. The first-order valence-electron chi connectivity index (χ1n) is 7.43. The van der Waals surface area contributed by atoms with Crippen molar-refractivity contribution < 1.29 is 19.0 Å². The van der Waals surface area contributed by atoms with E-state index in [4.69, 9.17) is 14.2 Å². The standard InChI is InChI=1S/C19H21NO4/c1-13-5-8-15(9-6-13)20-18(21)10-7-14-11-16(22-2)19(24-4)17(12-14)23-3/h5-12H,1-4H3,(H,20,21). The molecule has 0 radical (unpaired) electrons. The third kappa shape index (κ3) is 4.29. The summed E-state index contributed by atoms with van der Waals surface area (Å²) in [5.41, 5.74) is 2.66. The molecular formula is C19H21NO4. The smallest absolute Gasteiger partial charge is 0.248 e. The van der Waals surface area contributed by atoms with E-state index in [0.29, 0.717) is 17.2 Å². The predicted octanol–water partition coefficient (Wildman–Crippen LogP) is 3.67. The van der Waals surface area contributed by atoms with E-state index >= 15 is 0 Å². The van der Waals surface area contributed by atoms with Crippen molar-refractivity contribution in [3.8, 4) is 17.2 Å². The van der Waals surface area contributed by atoms with Crippen LogP contribution in [0.15, 0.2) is 42.5 Å². The molecule has 0 spiro atoms. The molecule has 0 aliphatic rings. The Morgan fingerprint density at radius 2 is 1.54 bits per heavy atom. The first-order valence-corrected chi connectivity index (χ1v) is 7.43. The van der Waals surface area contributed by atoms with Gasteiger partial charge in [0.2, 0.25) is 11.7 Å². The number of amides is 1. The van der Waals surface area contributed by atoms with Gasteiger partial charge in [-0.15, -0.1) is 0 Å². The van der Waals surface area contributed by atoms with Crippen molar-refractivity contribution >= 4 is 17.7 Å². The number of ether oxygens (including phenoxy) is 3. The van der Waals surface area contributed by atoms with Gasteiger partial charge in [0, 0.05) is 11.8 Å². The zero-order valence-corrected chi connectivity index (χ0v) is 14.3.